The highest BCUT2D eigenvalue weighted by atomic mass is 31.2. The number of hydrogen-bond donors (Lipinski definition) is 1. The van der Waals surface area contributed by atoms with Crippen LogP contribution in [0, 0.1) is 5.41 Å². The molecular formula is C19H29O4P. The summed E-state index contributed by atoms with van der Waals surface area (Å²) >= 11 is 0. The highest BCUT2D eigenvalue weighted by molar-refractivity contribution is 7.56. The lowest BCUT2D eigenvalue weighted by atomic mass is 9.72. The average Bonchev–Trinajstić information content (AvgIpc) is 2.38. The molecule has 0 fully saturated rings. The van der Waals surface area contributed by atoms with Gasteiger partial charge in [-0.2, -0.15) is 0 Å². The third-order valence-electron chi connectivity index (χ3n) is 3.89. The first-order valence-corrected chi connectivity index (χ1v) is 9.78. The van der Waals surface area contributed by atoms with Crippen LogP contribution in [0.5, 0.6) is 0 Å². The van der Waals surface area contributed by atoms with Crippen LogP contribution in [0.25, 0.3) is 0 Å². The molecule has 134 valence electrons. The zero-order valence-corrected chi connectivity index (χ0v) is 16.7. The Morgan fingerprint density at radius 2 is 1.96 bits per heavy atom. The van der Waals surface area contributed by atoms with Crippen molar-refractivity contribution in [3.8, 4) is 0 Å². The lowest BCUT2D eigenvalue weighted by Gasteiger charge is -2.32. The molecule has 24 heavy (non-hydrogen) atoms. The molecule has 4 nitrogen and oxygen atoms in total. The van der Waals surface area contributed by atoms with Gasteiger partial charge < -0.3 is 4.89 Å². The summed E-state index contributed by atoms with van der Waals surface area (Å²) < 4.78 is 17.1. The van der Waals surface area contributed by atoms with Crippen LogP contribution >= 0.6 is 7.60 Å². The van der Waals surface area contributed by atoms with Gasteiger partial charge in [0.15, 0.2) is 5.78 Å². The van der Waals surface area contributed by atoms with Crippen molar-refractivity contribution in [2.75, 3.05) is 0 Å². The minimum Gasteiger partial charge on any atom is -0.321 e. The van der Waals surface area contributed by atoms with Crippen molar-refractivity contribution in [3.05, 3.63) is 40.4 Å². The van der Waals surface area contributed by atoms with E-state index in [-0.39, 0.29) is 11.2 Å². The Morgan fingerprint density at radius 3 is 2.50 bits per heavy atom. The Kier molecular flexibility index (Phi) is 6.41. The van der Waals surface area contributed by atoms with Gasteiger partial charge in [-0.3, -0.25) is 13.9 Å². The van der Waals surface area contributed by atoms with Gasteiger partial charge in [0, 0.05) is 6.42 Å². The van der Waals surface area contributed by atoms with Crippen LogP contribution in [-0.4, -0.2) is 16.3 Å². The summed E-state index contributed by atoms with van der Waals surface area (Å²) in [5.41, 5.74) is 4.53. The zero-order chi connectivity index (χ0) is 18.8. The molecule has 1 N–H and O–H groups in total. The van der Waals surface area contributed by atoms with Gasteiger partial charge in [0.05, 0.1) is 11.4 Å². The molecule has 0 bridgehead atoms. The fourth-order valence-corrected chi connectivity index (χ4v) is 3.82. The minimum absolute atomic E-state index is 0.0555. The van der Waals surface area contributed by atoms with Crippen LogP contribution in [0.2, 0.25) is 0 Å². The quantitative estimate of drug-likeness (QED) is 0.423. The second-order valence-electron chi connectivity index (χ2n) is 7.90. The van der Waals surface area contributed by atoms with E-state index in [0.717, 1.165) is 23.4 Å². The fraction of sp³-hybridized carbons (Fsp3) is 0.579. The first kappa shape index (κ1) is 20.9. The van der Waals surface area contributed by atoms with Crippen molar-refractivity contribution >= 4 is 13.4 Å². The lowest BCUT2D eigenvalue weighted by Crippen LogP contribution is -2.24. The summed E-state index contributed by atoms with van der Waals surface area (Å²) in [7, 11) is -3.83. The molecule has 0 saturated heterocycles. The number of carbonyl (C=O) groups excluding carboxylic acids is 1. The van der Waals surface area contributed by atoms with Gasteiger partial charge in [0.2, 0.25) is 0 Å². The first-order valence-electron chi connectivity index (χ1n) is 8.14. The zero-order valence-electron chi connectivity index (χ0n) is 15.8. The van der Waals surface area contributed by atoms with Gasteiger partial charge in [0.1, 0.15) is 0 Å². The van der Waals surface area contributed by atoms with Gasteiger partial charge in [-0.15, -0.1) is 5.73 Å². The third kappa shape index (κ3) is 6.37. The second kappa shape index (κ2) is 7.37. The van der Waals surface area contributed by atoms with E-state index in [1.54, 1.807) is 27.7 Å². The Hall–Kier alpha value is -1.18. The smallest absolute Gasteiger partial charge is 0.321 e. The van der Waals surface area contributed by atoms with Gasteiger partial charge >= 0.3 is 7.60 Å². The van der Waals surface area contributed by atoms with Gasteiger partial charge in [-0.05, 0) is 63.2 Å². The van der Waals surface area contributed by atoms with Crippen molar-refractivity contribution in [2.45, 2.75) is 66.9 Å². The molecule has 1 aliphatic rings. The van der Waals surface area contributed by atoms with Gasteiger partial charge in [-0.25, -0.2) is 0 Å². The molecule has 0 radical (unpaired) electrons. The fourth-order valence-electron chi connectivity index (χ4n) is 2.62. The van der Waals surface area contributed by atoms with Crippen LogP contribution in [0.4, 0.5) is 0 Å². The number of carbonyl (C=O) groups is 1. The van der Waals surface area contributed by atoms with Crippen LogP contribution < -0.4 is 0 Å². The van der Waals surface area contributed by atoms with Gasteiger partial charge in [-0.1, -0.05) is 26.0 Å². The summed E-state index contributed by atoms with van der Waals surface area (Å²) in [4.78, 5) is 21.7. The van der Waals surface area contributed by atoms with Crippen molar-refractivity contribution in [1.82, 2.24) is 0 Å². The van der Waals surface area contributed by atoms with Crippen LogP contribution in [0.15, 0.2) is 40.4 Å². The molecule has 0 spiro atoms. The molecule has 1 aliphatic carbocycles. The molecule has 0 amide bonds. The molecule has 5 heteroatoms. The number of hydrogen-bond acceptors (Lipinski definition) is 3. The van der Waals surface area contributed by atoms with E-state index in [9.17, 15) is 14.3 Å². The lowest BCUT2D eigenvalue weighted by molar-refractivity contribution is -0.116. The van der Waals surface area contributed by atoms with E-state index in [4.69, 9.17) is 4.52 Å². The first-order chi connectivity index (χ1) is 10.7. The predicted molar refractivity (Wildman–Crippen MR) is 97.8 cm³/mol. The van der Waals surface area contributed by atoms with E-state index in [1.807, 2.05) is 19.1 Å². The maximum atomic E-state index is 12.0. The molecule has 0 heterocycles. The molecular weight excluding hydrogens is 323 g/mol. The van der Waals surface area contributed by atoms with Crippen molar-refractivity contribution in [2.24, 2.45) is 5.41 Å². The molecule has 0 aromatic heterocycles. The minimum atomic E-state index is -3.83. The highest BCUT2D eigenvalue weighted by Crippen LogP contribution is 2.47. The van der Waals surface area contributed by atoms with Crippen molar-refractivity contribution in [1.29, 1.82) is 0 Å². The molecule has 0 aromatic carbocycles. The Bertz CT molecular complexity index is 681. The summed E-state index contributed by atoms with van der Waals surface area (Å²) in [5.74, 6) is 1.26. The molecule has 0 aromatic rings. The van der Waals surface area contributed by atoms with Crippen LogP contribution in [0.1, 0.15) is 61.3 Å². The SMILES string of the molecule is CC(=C=CP(=O)(O)OC(C)(C)C)/C=C/C1=C(C)C(=O)CCC1(C)C. The van der Waals surface area contributed by atoms with Crippen molar-refractivity contribution in [3.63, 3.8) is 0 Å². The monoisotopic (exact) mass is 352 g/mol. The predicted octanol–water partition coefficient (Wildman–Crippen LogP) is 5.31. The van der Waals surface area contributed by atoms with E-state index in [2.05, 4.69) is 19.6 Å². The second-order valence-corrected chi connectivity index (χ2v) is 9.47. The number of rotatable bonds is 4. The van der Waals surface area contributed by atoms with E-state index in [0.29, 0.717) is 12.0 Å². The molecule has 1 atom stereocenters. The highest BCUT2D eigenvalue weighted by Gasteiger charge is 2.30. The number of ketones is 1. The van der Waals surface area contributed by atoms with E-state index in [1.165, 1.54) is 0 Å². The van der Waals surface area contributed by atoms with E-state index < -0.39 is 13.2 Å². The summed E-state index contributed by atoms with van der Waals surface area (Å²) in [6, 6.07) is 0. The van der Waals surface area contributed by atoms with Crippen LogP contribution in [-0.2, 0) is 13.9 Å². The van der Waals surface area contributed by atoms with E-state index >= 15 is 0 Å². The summed E-state index contributed by atoms with van der Waals surface area (Å²) in [6.45, 7) is 13.1. The normalized spacial score (nSPS) is 20.8. The molecule has 1 unspecified atom stereocenters. The standard InChI is InChI=1S/C19H29O4P/c1-14(11-13-24(21,22)23-18(3,4)5)8-9-16-15(2)17(20)10-12-19(16,6)7/h8-9,13H,10,12H2,1-7H3,(H,21,22)/b9-8+. The molecule has 0 saturated carbocycles. The Morgan fingerprint density at radius 1 is 1.38 bits per heavy atom. The maximum absolute atomic E-state index is 12.0. The van der Waals surface area contributed by atoms with Gasteiger partial charge in [0.25, 0.3) is 0 Å². The van der Waals surface area contributed by atoms with Crippen molar-refractivity contribution < 1.29 is 18.8 Å². The number of allylic oxidation sites excluding steroid dienone is 5. The topological polar surface area (TPSA) is 63.6 Å². The average molecular weight is 352 g/mol. The molecule has 0 aliphatic heterocycles. The third-order valence-corrected chi connectivity index (χ3v) is 5.15. The summed E-state index contributed by atoms with van der Waals surface area (Å²) in [6.07, 6.45) is 5.14. The van der Waals surface area contributed by atoms with Crippen LogP contribution in [0.3, 0.4) is 0 Å². The summed E-state index contributed by atoms with van der Waals surface area (Å²) in [5, 5.41) is 0. The molecule has 1 rings (SSSR count). The Balaban J connectivity index is 3.05. The maximum Gasteiger partial charge on any atom is 0.359 e. The Labute approximate surface area is 145 Å². The number of Topliss-reactive ketones (excluding diaryl/α,β-unsaturated/α-hetero) is 1. The largest absolute Gasteiger partial charge is 0.359 e.